The van der Waals surface area contributed by atoms with Crippen LogP contribution in [0.25, 0.3) is 0 Å². The molecule has 7 nitrogen and oxygen atoms in total. The van der Waals surface area contributed by atoms with Crippen molar-refractivity contribution in [2.24, 2.45) is 11.8 Å². The maximum Gasteiger partial charge on any atom is 0.338 e. The smallest absolute Gasteiger partial charge is 0.338 e. The highest BCUT2D eigenvalue weighted by molar-refractivity contribution is 7.92. The minimum atomic E-state index is -4.06. The molecule has 2 aromatic rings. The van der Waals surface area contributed by atoms with E-state index in [1.165, 1.54) is 30.3 Å². The lowest BCUT2D eigenvalue weighted by Crippen LogP contribution is -2.44. The van der Waals surface area contributed by atoms with Crippen LogP contribution in [0.15, 0.2) is 66.1 Å². The molecular formula is C25H29ClN2O5S. The van der Waals surface area contributed by atoms with Crippen molar-refractivity contribution in [2.75, 3.05) is 30.5 Å². The summed E-state index contributed by atoms with van der Waals surface area (Å²) < 4.78 is 33.1. The molecule has 1 aliphatic rings. The van der Waals surface area contributed by atoms with Gasteiger partial charge in [-0.15, -0.1) is 6.58 Å². The minimum Gasteiger partial charge on any atom is -0.452 e. The number of nitrogens with zero attached hydrogens (tertiary/aromatic N) is 2. The van der Waals surface area contributed by atoms with Gasteiger partial charge in [0.25, 0.3) is 15.9 Å². The van der Waals surface area contributed by atoms with Crippen LogP contribution in [0.4, 0.5) is 5.69 Å². The first-order valence-electron chi connectivity index (χ1n) is 11.1. The normalized spacial score (nSPS) is 18.3. The third-order valence-electron chi connectivity index (χ3n) is 5.62. The number of para-hydroxylation sites is 1. The highest BCUT2D eigenvalue weighted by Gasteiger charge is 2.28. The zero-order chi connectivity index (χ0) is 24.9. The summed E-state index contributed by atoms with van der Waals surface area (Å²) in [5, 5.41) is 0.267. The van der Waals surface area contributed by atoms with E-state index in [4.69, 9.17) is 16.3 Å². The predicted octanol–water partition coefficient (Wildman–Crippen LogP) is 4.38. The Balaban J connectivity index is 1.76. The van der Waals surface area contributed by atoms with Gasteiger partial charge in [0.2, 0.25) is 0 Å². The van der Waals surface area contributed by atoms with E-state index in [0.29, 0.717) is 30.6 Å². The van der Waals surface area contributed by atoms with Crippen LogP contribution < -0.4 is 4.31 Å². The van der Waals surface area contributed by atoms with Crippen LogP contribution in [0.3, 0.4) is 0 Å². The molecule has 34 heavy (non-hydrogen) atoms. The number of carbonyl (C=O) groups excluding carboxylic acids is 2. The number of likely N-dealkylation sites (tertiary alicyclic amines) is 1. The Morgan fingerprint density at radius 3 is 2.47 bits per heavy atom. The van der Waals surface area contributed by atoms with Gasteiger partial charge >= 0.3 is 5.97 Å². The zero-order valence-corrected chi connectivity index (χ0v) is 20.9. The number of benzene rings is 2. The summed E-state index contributed by atoms with van der Waals surface area (Å²) in [6, 6.07) is 12.1. The van der Waals surface area contributed by atoms with Crippen LogP contribution >= 0.6 is 11.6 Å². The van der Waals surface area contributed by atoms with Gasteiger partial charge in [-0.1, -0.05) is 49.7 Å². The van der Waals surface area contributed by atoms with E-state index in [1.54, 1.807) is 29.2 Å². The maximum absolute atomic E-state index is 13.4. The van der Waals surface area contributed by atoms with E-state index in [0.717, 1.165) is 10.7 Å². The van der Waals surface area contributed by atoms with Crippen molar-refractivity contribution in [3.8, 4) is 0 Å². The molecule has 0 bridgehead atoms. The number of halogens is 1. The van der Waals surface area contributed by atoms with Gasteiger partial charge < -0.3 is 9.64 Å². The molecular weight excluding hydrogens is 476 g/mol. The van der Waals surface area contributed by atoms with Crippen LogP contribution in [-0.2, 0) is 19.6 Å². The Bertz CT molecular complexity index is 1160. The molecule has 1 aliphatic heterocycles. The number of carbonyl (C=O) groups is 2. The summed E-state index contributed by atoms with van der Waals surface area (Å²) in [5.41, 5.74) is 0.333. The minimum absolute atomic E-state index is 0.0120. The van der Waals surface area contributed by atoms with Crippen molar-refractivity contribution in [2.45, 2.75) is 25.2 Å². The fraction of sp³-hybridized carbons (Fsp3) is 0.360. The van der Waals surface area contributed by atoms with E-state index in [2.05, 4.69) is 20.4 Å². The first-order valence-corrected chi connectivity index (χ1v) is 12.9. The first-order chi connectivity index (χ1) is 16.1. The van der Waals surface area contributed by atoms with Crippen molar-refractivity contribution < 1.29 is 22.7 Å². The van der Waals surface area contributed by atoms with Crippen LogP contribution in [0, 0.1) is 11.8 Å². The van der Waals surface area contributed by atoms with Crippen molar-refractivity contribution in [3.63, 3.8) is 0 Å². The summed E-state index contributed by atoms with van der Waals surface area (Å²) in [6.45, 7) is 8.68. The molecule has 1 saturated heterocycles. The number of anilines is 1. The van der Waals surface area contributed by atoms with Gasteiger partial charge in [-0.05, 0) is 48.6 Å². The van der Waals surface area contributed by atoms with Crippen molar-refractivity contribution in [3.05, 3.63) is 71.8 Å². The lowest BCUT2D eigenvalue weighted by Gasteiger charge is -2.34. The predicted molar refractivity (Wildman–Crippen MR) is 132 cm³/mol. The molecule has 0 spiro atoms. The molecule has 0 saturated carbocycles. The molecule has 1 heterocycles. The second-order valence-corrected chi connectivity index (χ2v) is 10.9. The fourth-order valence-electron chi connectivity index (χ4n) is 4.18. The quantitative estimate of drug-likeness (QED) is 0.393. The standard InChI is InChI=1S/C25H29ClN2O5S/c1-4-12-28(23-11-6-5-10-22(23)26)34(31,32)21-9-7-8-20(14-21)25(30)33-17-24(29)27-15-18(2)13-19(3)16-27/h4-11,14,18-19H,1,12-13,15-17H2,2-3H3/t18-,19-/m1/s1. The molecule has 2 aromatic carbocycles. The van der Waals surface area contributed by atoms with Gasteiger partial charge in [0.1, 0.15) is 0 Å². The third kappa shape index (κ3) is 5.98. The number of hydrogen-bond donors (Lipinski definition) is 0. The van der Waals surface area contributed by atoms with Crippen LogP contribution in [0.2, 0.25) is 5.02 Å². The number of sulfonamides is 1. The van der Waals surface area contributed by atoms with Crippen LogP contribution in [0.5, 0.6) is 0 Å². The summed E-state index contributed by atoms with van der Waals surface area (Å²) >= 11 is 6.23. The van der Waals surface area contributed by atoms with E-state index >= 15 is 0 Å². The number of ether oxygens (including phenoxy) is 1. The number of piperidine rings is 1. The molecule has 182 valence electrons. The molecule has 0 unspecified atom stereocenters. The molecule has 0 radical (unpaired) electrons. The SMILES string of the molecule is C=CCN(c1ccccc1Cl)S(=O)(=O)c1cccc(C(=O)OCC(=O)N2C[C@H](C)C[C@@H](C)C2)c1. The topological polar surface area (TPSA) is 84.0 Å². The molecule has 0 N–H and O–H groups in total. The number of amides is 1. The van der Waals surface area contributed by atoms with Gasteiger partial charge in [0.15, 0.2) is 6.61 Å². The van der Waals surface area contributed by atoms with Crippen LogP contribution in [-0.4, -0.2) is 51.4 Å². The monoisotopic (exact) mass is 504 g/mol. The zero-order valence-electron chi connectivity index (χ0n) is 19.3. The molecule has 3 rings (SSSR count). The highest BCUT2D eigenvalue weighted by Crippen LogP contribution is 2.30. The van der Waals surface area contributed by atoms with E-state index in [9.17, 15) is 18.0 Å². The summed E-state index contributed by atoms with van der Waals surface area (Å²) in [4.78, 5) is 26.8. The Morgan fingerprint density at radius 2 is 1.82 bits per heavy atom. The second kappa shape index (κ2) is 11.1. The van der Waals surface area contributed by atoms with E-state index in [-0.39, 0.29) is 27.9 Å². The second-order valence-electron chi connectivity index (χ2n) is 8.62. The molecule has 1 amide bonds. The Morgan fingerprint density at radius 1 is 1.15 bits per heavy atom. The fourth-order valence-corrected chi connectivity index (χ4v) is 5.97. The van der Waals surface area contributed by atoms with Crippen LogP contribution in [0.1, 0.15) is 30.6 Å². The summed E-state index contributed by atoms with van der Waals surface area (Å²) in [5.74, 6) is -0.244. The van der Waals surface area contributed by atoms with Gasteiger partial charge in [0.05, 0.1) is 27.7 Å². The number of rotatable bonds is 8. The lowest BCUT2D eigenvalue weighted by atomic mass is 9.92. The van der Waals surface area contributed by atoms with E-state index < -0.39 is 22.6 Å². The average molecular weight is 505 g/mol. The molecule has 9 heteroatoms. The van der Waals surface area contributed by atoms with Gasteiger partial charge in [0, 0.05) is 13.1 Å². The first kappa shape index (κ1) is 25.8. The van der Waals surface area contributed by atoms with Crippen molar-refractivity contribution in [1.82, 2.24) is 4.90 Å². The molecule has 2 atom stereocenters. The van der Waals surface area contributed by atoms with Crippen molar-refractivity contribution >= 4 is 39.2 Å². The van der Waals surface area contributed by atoms with E-state index in [1.807, 2.05) is 0 Å². The third-order valence-corrected chi connectivity index (χ3v) is 7.72. The molecule has 0 aromatic heterocycles. The van der Waals surface area contributed by atoms with Gasteiger partial charge in [-0.3, -0.25) is 9.10 Å². The Labute approximate surface area is 206 Å². The van der Waals surface area contributed by atoms with Gasteiger partial charge in [-0.2, -0.15) is 0 Å². The average Bonchev–Trinajstić information content (AvgIpc) is 2.80. The maximum atomic E-state index is 13.4. The Hall–Kier alpha value is -2.84. The lowest BCUT2D eigenvalue weighted by molar-refractivity contribution is -0.137. The molecule has 1 fully saturated rings. The Kier molecular flexibility index (Phi) is 8.38. The highest BCUT2D eigenvalue weighted by atomic mass is 35.5. The van der Waals surface area contributed by atoms with Crippen molar-refractivity contribution in [1.29, 1.82) is 0 Å². The number of esters is 1. The molecule has 0 aliphatic carbocycles. The largest absolute Gasteiger partial charge is 0.452 e. The summed E-state index contributed by atoms with van der Waals surface area (Å²) in [7, 11) is -4.06. The number of hydrogen-bond acceptors (Lipinski definition) is 5. The van der Waals surface area contributed by atoms with Gasteiger partial charge in [-0.25, -0.2) is 13.2 Å². The summed E-state index contributed by atoms with van der Waals surface area (Å²) in [6.07, 6.45) is 2.51.